The van der Waals surface area contributed by atoms with Crippen molar-refractivity contribution in [1.29, 1.82) is 0 Å². The molecule has 0 aliphatic carbocycles. The van der Waals surface area contributed by atoms with Crippen molar-refractivity contribution in [1.82, 2.24) is 0 Å². The van der Waals surface area contributed by atoms with Gasteiger partial charge in [-0.3, -0.25) is 0 Å². The molecule has 0 spiro atoms. The lowest BCUT2D eigenvalue weighted by atomic mass is 10.0. The highest BCUT2D eigenvalue weighted by Gasteiger charge is 2.34. The van der Waals surface area contributed by atoms with Gasteiger partial charge in [0.2, 0.25) is 0 Å². The predicted molar refractivity (Wildman–Crippen MR) is 75.0 cm³/mol. The van der Waals surface area contributed by atoms with Gasteiger partial charge >= 0.3 is 6.18 Å². The van der Waals surface area contributed by atoms with Crippen LogP contribution in [0.25, 0.3) is 0 Å². The highest BCUT2D eigenvalue weighted by Crippen LogP contribution is 2.37. The smallest absolute Gasteiger partial charge is 0.418 e. The van der Waals surface area contributed by atoms with Crippen LogP contribution in [0.5, 0.6) is 0 Å². The summed E-state index contributed by atoms with van der Waals surface area (Å²) in [6.07, 6.45) is -2.49. The molecule has 1 aromatic heterocycles. The average Bonchev–Trinajstić information content (AvgIpc) is 2.91. The van der Waals surface area contributed by atoms with Crippen LogP contribution in [0.15, 0.2) is 41.0 Å². The molecular formula is C15H17F3N2O. The molecule has 0 saturated carbocycles. The minimum absolute atomic E-state index is 0.125. The topological polar surface area (TPSA) is 42.4 Å². The number of alkyl halides is 3. The quantitative estimate of drug-likeness (QED) is 0.919. The van der Waals surface area contributed by atoms with Crippen molar-refractivity contribution in [2.45, 2.75) is 19.1 Å². The number of furan rings is 1. The van der Waals surface area contributed by atoms with Crippen molar-refractivity contribution < 1.29 is 17.6 Å². The third-order valence-electron chi connectivity index (χ3n) is 3.18. The Labute approximate surface area is 121 Å². The lowest BCUT2D eigenvalue weighted by Crippen LogP contribution is -2.21. The zero-order valence-electron chi connectivity index (χ0n) is 11.7. The van der Waals surface area contributed by atoms with Crippen LogP contribution in [0.2, 0.25) is 0 Å². The molecule has 0 unspecified atom stereocenters. The second-order valence-corrected chi connectivity index (χ2v) is 4.82. The van der Waals surface area contributed by atoms with Crippen LogP contribution in [-0.4, -0.2) is 13.6 Å². The third-order valence-corrected chi connectivity index (χ3v) is 3.18. The van der Waals surface area contributed by atoms with E-state index >= 15 is 0 Å². The van der Waals surface area contributed by atoms with E-state index in [1.165, 1.54) is 23.3 Å². The van der Waals surface area contributed by atoms with Gasteiger partial charge in [0, 0.05) is 12.7 Å². The van der Waals surface area contributed by atoms with Crippen LogP contribution in [0.4, 0.5) is 18.9 Å². The SMILES string of the molecule is CN(Cc1ccco1)c1ccc(CCN)cc1C(F)(F)F. The Balaban J connectivity index is 2.33. The molecule has 0 radical (unpaired) electrons. The van der Waals surface area contributed by atoms with Gasteiger partial charge in [-0.1, -0.05) is 6.07 Å². The molecule has 114 valence electrons. The van der Waals surface area contributed by atoms with Crippen molar-refractivity contribution in [2.75, 3.05) is 18.5 Å². The molecular weight excluding hydrogens is 281 g/mol. The summed E-state index contributed by atoms with van der Waals surface area (Å²) in [6, 6.07) is 7.76. The number of halogens is 3. The molecule has 2 aromatic rings. The molecule has 6 heteroatoms. The van der Waals surface area contributed by atoms with Gasteiger partial charge in [-0.15, -0.1) is 0 Å². The van der Waals surface area contributed by atoms with Crippen LogP contribution in [-0.2, 0) is 19.1 Å². The summed E-state index contributed by atoms with van der Waals surface area (Å²) in [5, 5.41) is 0. The molecule has 3 nitrogen and oxygen atoms in total. The number of rotatable bonds is 5. The lowest BCUT2D eigenvalue weighted by molar-refractivity contribution is -0.137. The molecule has 21 heavy (non-hydrogen) atoms. The Bertz CT molecular complexity index is 579. The first-order valence-electron chi connectivity index (χ1n) is 6.55. The van der Waals surface area contributed by atoms with E-state index in [1.54, 1.807) is 25.2 Å². The van der Waals surface area contributed by atoms with E-state index in [4.69, 9.17) is 10.2 Å². The number of anilines is 1. The van der Waals surface area contributed by atoms with Gasteiger partial charge in [0.05, 0.1) is 18.4 Å². The molecule has 2 rings (SSSR count). The van der Waals surface area contributed by atoms with E-state index in [-0.39, 0.29) is 12.2 Å². The summed E-state index contributed by atoms with van der Waals surface area (Å²) in [5.74, 6) is 0.608. The fourth-order valence-electron chi connectivity index (χ4n) is 2.19. The maximum absolute atomic E-state index is 13.2. The number of nitrogens with zero attached hydrogens (tertiary/aromatic N) is 1. The van der Waals surface area contributed by atoms with Crippen LogP contribution >= 0.6 is 0 Å². The summed E-state index contributed by atoms with van der Waals surface area (Å²) in [4.78, 5) is 1.52. The number of hydrogen-bond acceptors (Lipinski definition) is 3. The normalized spacial score (nSPS) is 11.7. The summed E-state index contributed by atoms with van der Waals surface area (Å²) >= 11 is 0. The molecule has 0 aliphatic rings. The first-order valence-corrected chi connectivity index (χ1v) is 6.55. The minimum Gasteiger partial charge on any atom is -0.467 e. The maximum Gasteiger partial charge on any atom is 0.418 e. The zero-order valence-corrected chi connectivity index (χ0v) is 11.7. The zero-order chi connectivity index (χ0) is 15.5. The predicted octanol–water partition coefficient (Wildman–Crippen LogP) is 3.44. The Morgan fingerprint density at radius 2 is 2.00 bits per heavy atom. The van der Waals surface area contributed by atoms with Crippen molar-refractivity contribution >= 4 is 5.69 Å². The largest absolute Gasteiger partial charge is 0.467 e. The highest BCUT2D eigenvalue weighted by atomic mass is 19.4. The number of benzene rings is 1. The van der Waals surface area contributed by atoms with Crippen molar-refractivity contribution in [3.63, 3.8) is 0 Å². The number of nitrogens with two attached hydrogens (primary N) is 1. The molecule has 0 fully saturated rings. The van der Waals surface area contributed by atoms with Gasteiger partial charge in [-0.05, 0) is 42.8 Å². The lowest BCUT2D eigenvalue weighted by Gasteiger charge is -2.23. The van der Waals surface area contributed by atoms with E-state index in [0.29, 0.717) is 24.3 Å². The first-order chi connectivity index (χ1) is 9.91. The highest BCUT2D eigenvalue weighted by molar-refractivity contribution is 5.56. The second kappa shape index (κ2) is 6.22. The van der Waals surface area contributed by atoms with Crippen LogP contribution in [0.3, 0.4) is 0 Å². The van der Waals surface area contributed by atoms with Crippen molar-refractivity contribution in [3.8, 4) is 0 Å². The van der Waals surface area contributed by atoms with Gasteiger partial charge < -0.3 is 15.1 Å². The summed E-state index contributed by atoms with van der Waals surface area (Å²) in [7, 11) is 1.61. The van der Waals surface area contributed by atoms with E-state index in [1.807, 2.05) is 0 Å². The Kier molecular flexibility index (Phi) is 4.57. The third kappa shape index (κ3) is 3.78. The minimum atomic E-state index is -4.41. The molecule has 0 atom stereocenters. The van der Waals surface area contributed by atoms with Crippen molar-refractivity contribution in [3.05, 3.63) is 53.5 Å². The van der Waals surface area contributed by atoms with E-state index in [9.17, 15) is 13.2 Å². The summed E-state index contributed by atoms with van der Waals surface area (Å²) in [5.41, 5.74) is 5.46. The fraction of sp³-hybridized carbons (Fsp3) is 0.333. The standard InChI is InChI=1S/C15H17F3N2O/c1-20(10-12-3-2-8-21-12)14-5-4-11(6-7-19)9-13(14)15(16,17)18/h2-5,8-9H,6-7,10,19H2,1H3. The van der Waals surface area contributed by atoms with E-state index in [2.05, 4.69) is 0 Å². The average molecular weight is 298 g/mol. The van der Waals surface area contributed by atoms with Crippen LogP contribution in [0, 0.1) is 0 Å². The molecule has 0 saturated heterocycles. The second-order valence-electron chi connectivity index (χ2n) is 4.82. The fourth-order valence-corrected chi connectivity index (χ4v) is 2.19. The number of hydrogen-bond donors (Lipinski definition) is 1. The van der Waals surface area contributed by atoms with Gasteiger partial charge in [0.1, 0.15) is 5.76 Å². The van der Waals surface area contributed by atoms with E-state index < -0.39 is 11.7 Å². The van der Waals surface area contributed by atoms with E-state index in [0.717, 1.165) is 0 Å². The van der Waals surface area contributed by atoms with Gasteiger partial charge in [-0.25, -0.2) is 0 Å². The van der Waals surface area contributed by atoms with Crippen LogP contribution < -0.4 is 10.6 Å². The van der Waals surface area contributed by atoms with Gasteiger partial charge in [-0.2, -0.15) is 13.2 Å². The molecule has 0 aliphatic heterocycles. The molecule has 0 amide bonds. The van der Waals surface area contributed by atoms with Gasteiger partial charge in [0.15, 0.2) is 0 Å². The first kappa shape index (κ1) is 15.4. The molecule has 1 aromatic carbocycles. The Morgan fingerprint density at radius 1 is 1.24 bits per heavy atom. The Hall–Kier alpha value is -1.95. The molecule has 0 bridgehead atoms. The summed E-state index contributed by atoms with van der Waals surface area (Å²) < 4.78 is 44.9. The van der Waals surface area contributed by atoms with Crippen LogP contribution in [0.1, 0.15) is 16.9 Å². The maximum atomic E-state index is 13.2. The van der Waals surface area contributed by atoms with Gasteiger partial charge in [0.25, 0.3) is 0 Å². The monoisotopic (exact) mass is 298 g/mol. The Morgan fingerprint density at radius 3 is 2.57 bits per heavy atom. The molecule has 2 N–H and O–H groups in total. The summed E-state index contributed by atoms with van der Waals surface area (Å²) in [6.45, 7) is 0.588. The molecule has 1 heterocycles. The van der Waals surface area contributed by atoms with Crippen molar-refractivity contribution in [2.24, 2.45) is 5.73 Å².